The molecule has 0 bridgehead atoms. The third kappa shape index (κ3) is 3.31. The summed E-state index contributed by atoms with van der Waals surface area (Å²) in [6.45, 7) is 11.1. The van der Waals surface area contributed by atoms with Gasteiger partial charge in [0, 0.05) is 51.0 Å². The van der Waals surface area contributed by atoms with Gasteiger partial charge in [-0.2, -0.15) is 5.10 Å². The van der Waals surface area contributed by atoms with Crippen molar-refractivity contribution in [2.75, 3.05) is 39.4 Å². The average Bonchev–Trinajstić information content (AvgIpc) is 2.61. The summed E-state index contributed by atoms with van der Waals surface area (Å²) < 4.78 is 7.29. The number of morpholine rings is 1. The maximum Gasteiger partial charge on any atom is 0.0641 e. The van der Waals surface area contributed by atoms with Gasteiger partial charge in [-0.05, 0) is 13.8 Å². The van der Waals surface area contributed by atoms with Crippen molar-refractivity contribution in [3.63, 3.8) is 0 Å². The molecule has 1 saturated heterocycles. The van der Waals surface area contributed by atoms with Crippen LogP contribution < -0.4 is 5.32 Å². The molecule has 0 spiro atoms. The molecule has 2 heterocycles. The van der Waals surface area contributed by atoms with Crippen molar-refractivity contribution in [3.8, 4) is 0 Å². The Morgan fingerprint density at radius 2 is 2.00 bits per heavy atom. The molecule has 0 saturated carbocycles. The number of rotatable bonds is 5. The number of nitrogens with one attached hydrogen (secondary N) is 1. The maximum atomic E-state index is 5.34. The second kappa shape index (κ2) is 6.31. The molecule has 1 fully saturated rings. The van der Waals surface area contributed by atoms with Gasteiger partial charge < -0.3 is 10.1 Å². The zero-order chi connectivity index (χ0) is 13.0. The van der Waals surface area contributed by atoms with Gasteiger partial charge in [0.05, 0.1) is 18.9 Å². The van der Waals surface area contributed by atoms with Crippen LogP contribution in [0.3, 0.4) is 0 Å². The molecule has 1 N–H and O–H groups in total. The van der Waals surface area contributed by atoms with Crippen molar-refractivity contribution in [3.05, 3.63) is 17.0 Å². The summed E-state index contributed by atoms with van der Waals surface area (Å²) in [7, 11) is 2.00. The van der Waals surface area contributed by atoms with E-state index in [-0.39, 0.29) is 0 Å². The molecule has 0 unspecified atom stereocenters. The first-order valence-electron chi connectivity index (χ1n) is 6.68. The minimum atomic E-state index is 0.876. The third-order valence-corrected chi connectivity index (χ3v) is 3.67. The highest BCUT2D eigenvalue weighted by molar-refractivity contribution is 5.23. The molecule has 1 aromatic rings. The molecular weight excluding hydrogens is 228 g/mol. The van der Waals surface area contributed by atoms with Gasteiger partial charge in [-0.3, -0.25) is 9.58 Å². The molecule has 0 atom stereocenters. The van der Waals surface area contributed by atoms with E-state index < -0.39 is 0 Å². The Morgan fingerprint density at radius 1 is 1.28 bits per heavy atom. The van der Waals surface area contributed by atoms with Crippen LogP contribution in [-0.4, -0.2) is 54.1 Å². The molecule has 1 aromatic heterocycles. The monoisotopic (exact) mass is 252 g/mol. The minimum absolute atomic E-state index is 0.876. The largest absolute Gasteiger partial charge is 0.379 e. The topological polar surface area (TPSA) is 42.3 Å². The zero-order valence-corrected chi connectivity index (χ0v) is 11.7. The standard InChI is InChI=1S/C13H24N4O/c1-11-13(12(2)16(3)15-11)10-14-4-5-17-6-8-18-9-7-17/h14H,4-10H2,1-3H3. The van der Waals surface area contributed by atoms with E-state index in [0.29, 0.717) is 0 Å². The first kappa shape index (κ1) is 13.5. The van der Waals surface area contributed by atoms with Crippen molar-refractivity contribution in [2.24, 2.45) is 7.05 Å². The molecule has 0 aliphatic carbocycles. The van der Waals surface area contributed by atoms with Gasteiger partial charge in [-0.15, -0.1) is 0 Å². The minimum Gasteiger partial charge on any atom is -0.379 e. The smallest absolute Gasteiger partial charge is 0.0641 e. The van der Waals surface area contributed by atoms with Gasteiger partial charge in [-0.25, -0.2) is 0 Å². The molecule has 102 valence electrons. The molecule has 1 aliphatic rings. The van der Waals surface area contributed by atoms with E-state index in [1.165, 1.54) is 11.3 Å². The highest BCUT2D eigenvalue weighted by Crippen LogP contribution is 2.10. The number of nitrogens with zero attached hydrogens (tertiary/aromatic N) is 3. The van der Waals surface area contributed by atoms with Crippen LogP contribution in [0.25, 0.3) is 0 Å². The summed E-state index contributed by atoms with van der Waals surface area (Å²) in [5.74, 6) is 0. The Morgan fingerprint density at radius 3 is 2.61 bits per heavy atom. The van der Waals surface area contributed by atoms with Crippen molar-refractivity contribution in [1.29, 1.82) is 0 Å². The van der Waals surface area contributed by atoms with Crippen molar-refractivity contribution < 1.29 is 4.74 Å². The summed E-state index contributed by atoms with van der Waals surface area (Å²) in [5, 5.41) is 7.94. The summed E-state index contributed by atoms with van der Waals surface area (Å²) in [5.41, 5.74) is 3.72. The molecule has 0 radical (unpaired) electrons. The first-order chi connectivity index (χ1) is 8.68. The van der Waals surface area contributed by atoms with E-state index in [1.807, 2.05) is 11.7 Å². The average molecular weight is 252 g/mol. The van der Waals surface area contributed by atoms with Gasteiger partial charge in [0.25, 0.3) is 0 Å². The van der Waals surface area contributed by atoms with Gasteiger partial charge in [0.2, 0.25) is 0 Å². The number of ether oxygens (including phenoxy) is 1. The van der Waals surface area contributed by atoms with E-state index >= 15 is 0 Å². The Labute approximate surface area is 109 Å². The molecule has 5 nitrogen and oxygen atoms in total. The predicted octanol–water partition coefficient (Wildman–Crippen LogP) is 0.459. The van der Waals surface area contributed by atoms with Crippen LogP contribution in [0.1, 0.15) is 17.0 Å². The Kier molecular flexibility index (Phi) is 4.74. The van der Waals surface area contributed by atoms with Gasteiger partial charge in [0.15, 0.2) is 0 Å². The van der Waals surface area contributed by atoms with E-state index in [0.717, 1.165) is 51.6 Å². The Hall–Kier alpha value is -0.910. The lowest BCUT2D eigenvalue weighted by Gasteiger charge is -2.26. The number of hydrogen-bond donors (Lipinski definition) is 1. The normalized spacial score (nSPS) is 17.3. The quantitative estimate of drug-likeness (QED) is 0.773. The highest BCUT2D eigenvalue weighted by atomic mass is 16.5. The Balaban J connectivity index is 1.71. The fourth-order valence-electron chi connectivity index (χ4n) is 2.35. The van der Waals surface area contributed by atoms with Crippen LogP contribution in [-0.2, 0) is 18.3 Å². The Bertz CT molecular complexity index is 383. The fourth-order valence-corrected chi connectivity index (χ4v) is 2.35. The van der Waals surface area contributed by atoms with Crippen LogP contribution >= 0.6 is 0 Å². The molecule has 0 amide bonds. The van der Waals surface area contributed by atoms with Crippen LogP contribution in [0.4, 0.5) is 0 Å². The summed E-state index contributed by atoms with van der Waals surface area (Å²) in [6, 6.07) is 0. The maximum absolute atomic E-state index is 5.34. The SMILES string of the molecule is Cc1nn(C)c(C)c1CNCCN1CCOCC1. The third-order valence-electron chi connectivity index (χ3n) is 3.67. The highest BCUT2D eigenvalue weighted by Gasteiger charge is 2.11. The molecular formula is C13H24N4O. The van der Waals surface area contributed by atoms with E-state index in [1.54, 1.807) is 0 Å². The molecule has 18 heavy (non-hydrogen) atoms. The summed E-state index contributed by atoms with van der Waals surface area (Å²) in [6.07, 6.45) is 0. The van der Waals surface area contributed by atoms with E-state index in [2.05, 4.69) is 29.2 Å². The molecule has 1 aliphatic heterocycles. The lowest BCUT2D eigenvalue weighted by molar-refractivity contribution is 0.0384. The fraction of sp³-hybridized carbons (Fsp3) is 0.769. The number of hydrogen-bond acceptors (Lipinski definition) is 4. The molecule has 0 aromatic carbocycles. The van der Waals surface area contributed by atoms with E-state index in [4.69, 9.17) is 4.74 Å². The van der Waals surface area contributed by atoms with Crippen LogP contribution in [0, 0.1) is 13.8 Å². The van der Waals surface area contributed by atoms with Gasteiger partial charge in [-0.1, -0.05) is 0 Å². The van der Waals surface area contributed by atoms with Crippen molar-refractivity contribution >= 4 is 0 Å². The lowest BCUT2D eigenvalue weighted by atomic mass is 10.2. The molecule has 2 rings (SSSR count). The molecule has 5 heteroatoms. The van der Waals surface area contributed by atoms with Crippen molar-refractivity contribution in [2.45, 2.75) is 20.4 Å². The van der Waals surface area contributed by atoms with Crippen LogP contribution in [0.2, 0.25) is 0 Å². The van der Waals surface area contributed by atoms with Gasteiger partial charge >= 0.3 is 0 Å². The zero-order valence-electron chi connectivity index (χ0n) is 11.7. The van der Waals surface area contributed by atoms with Crippen LogP contribution in [0.15, 0.2) is 0 Å². The van der Waals surface area contributed by atoms with Crippen molar-refractivity contribution in [1.82, 2.24) is 20.0 Å². The number of aromatic nitrogens is 2. The number of aryl methyl sites for hydroxylation is 2. The summed E-state index contributed by atoms with van der Waals surface area (Å²) in [4.78, 5) is 2.44. The second-order valence-corrected chi connectivity index (χ2v) is 4.90. The lowest BCUT2D eigenvalue weighted by Crippen LogP contribution is -2.40. The van der Waals surface area contributed by atoms with Gasteiger partial charge in [0.1, 0.15) is 0 Å². The summed E-state index contributed by atoms with van der Waals surface area (Å²) >= 11 is 0. The predicted molar refractivity (Wildman–Crippen MR) is 71.6 cm³/mol. The van der Waals surface area contributed by atoms with Crippen LogP contribution in [0.5, 0.6) is 0 Å². The second-order valence-electron chi connectivity index (χ2n) is 4.90. The van der Waals surface area contributed by atoms with E-state index in [9.17, 15) is 0 Å². The first-order valence-corrected chi connectivity index (χ1v) is 6.68.